The van der Waals surface area contributed by atoms with Crippen LogP contribution in [0, 0.1) is 13.8 Å². The molecular formula is C12H14. The van der Waals surface area contributed by atoms with Gasteiger partial charge in [-0.25, -0.2) is 0 Å². The smallest absolute Gasteiger partial charge is 0.00581 e. The number of hydrogen-bond donors (Lipinski definition) is 0. The first kappa shape index (κ1) is 7.60. The fourth-order valence-corrected chi connectivity index (χ4v) is 1.61. The van der Waals surface area contributed by atoms with E-state index in [1.807, 2.05) is 0 Å². The third-order valence-corrected chi connectivity index (χ3v) is 2.55. The lowest BCUT2D eigenvalue weighted by Gasteiger charge is -2.01. The third-order valence-electron chi connectivity index (χ3n) is 2.55. The Morgan fingerprint density at radius 3 is 2.33 bits per heavy atom. The minimum absolute atomic E-state index is 1.23. The Morgan fingerprint density at radius 2 is 1.75 bits per heavy atom. The number of allylic oxidation sites excluding steroid dienone is 2. The molecule has 0 aliphatic heterocycles. The van der Waals surface area contributed by atoms with Crippen LogP contribution >= 0.6 is 0 Å². The molecule has 0 unspecified atom stereocenters. The molecule has 2 rings (SSSR count). The van der Waals surface area contributed by atoms with Crippen molar-refractivity contribution in [3.05, 3.63) is 40.5 Å². The molecule has 0 heterocycles. The monoisotopic (exact) mass is 158 g/mol. The number of hydrogen-bond acceptors (Lipinski definition) is 0. The molecule has 0 amide bonds. The lowest BCUT2D eigenvalue weighted by molar-refractivity contribution is 1.36. The molecular weight excluding hydrogens is 144 g/mol. The van der Waals surface area contributed by atoms with Gasteiger partial charge in [-0.05, 0) is 43.9 Å². The van der Waals surface area contributed by atoms with Gasteiger partial charge in [-0.15, -0.1) is 0 Å². The molecule has 1 aromatic rings. The molecule has 0 saturated heterocycles. The van der Waals surface area contributed by atoms with Gasteiger partial charge in [-0.3, -0.25) is 0 Å². The summed E-state index contributed by atoms with van der Waals surface area (Å²) < 4.78 is 0. The molecule has 12 heavy (non-hydrogen) atoms. The van der Waals surface area contributed by atoms with E-state index in [4.69, 9.17) is 0 Å². The van der Waals surface area contributed by atoms with Gasteiger partial charge in [0.15, 0.2) is 0 Å². The molecule has 1 aliphatic rings. The molecule has 0 saturated carbocycles. The van der Waals surface area contributed by atoms with Crippen LogP contribution < -0.4 is 0 Å². The van der Waals surface area contributed by atoms with E-state index in [2.05, 4.69) is 39.0 Å². The van der Waals surface area contributed by atoms with Gasteiger partial charge in [0.25, 0.3) is 0 Å². The Kier molecular flexibility index (Phi) is 1.57. The zero-order chi connectivity index (χ0) is 8.72. The van der Waals surface area contributed by atoms with Gasteiger partial charge in [0.2, 0.25) is 0 Å². The second-order valence-corrected chi connectivity index (χ2v) is 3.75. The van der Waals surface area contributed by atoms with Crippen molar-refractivity contribution in [2.24, 2.45) is 0 Å². The molecule has 0 atom stereocenters. The molecule has 1 aromatic carbocycles. The van der Waals surface area contributed by atoms with Crippen molar-refractivity contribution < 1.29 is 0 Å². The lowest BCUT2D eigenvalue weighted by atomic mass is 10.0. The molecule has 0 N–H and O–H groups in total. The predicted octanol–water partition coefficient (Wildman–Crippen LogP) is 3.48. The van der Waals surface area contributed by atoms with Crippen molar-refractivity contribution in [1.29, 1.82) is 0 Å². The van der Waals surface area contributed by atoms with E-state index in [1.54, 1.807) is 11.1 Å². The quantitative estimate of drug-likeness (QED) is 0.587. The zero-order valence-electron chi connectivity index (χ0n) is 7.94. The van der Waals surface area contributed by atoms with Crippen molar-refractivity contribution in [3.8, 4) is 0 Å². The summed E-state index contributed by atoms with van der Waals surface area (Å²) in [5, 5.41) is 0. The van der Waals surface area contributed by atoms with Crippen LogP contribution in [0.3, 0.4) is 0 Å². The van der Waals surface area contributed by atoms with Gasteiger partial charge in [0.1, 0.15) is 0 Å². The first-order chi connectivity index (χ1) is 5.68. The minimum atomic E-state index is 1.23. The second kappa shape index (κ2) is 2.48. The van der Waals surface area contributed by atoms with Gasteiger partial charge in [0.05, 0.1) is 0 Å². The fourth-order valence-electron chi connectivity index (χ4n) is 1.61. The molecule has 0 radical (unpaired) electrons. The Morgan fingerprint density at radius 1 is 1.08 bits per heavy atom. The highest BCUT2D eigenvalue weighted by molar-refractivity contribution is 5.83. The van der Waals surface area contributed by atoms with Gasteiger partial charge < -0.3 is 0 Å². The molecule has 0 spiro atoms. The van der Waals surface area contributed by atoms with Crippen LogP contribution in [-0.4, -0.2) is 0 Å². The molecule has 0 nitrogen and oxygen atoms in total. The normalized spacial score (nSPS) is 15.2. The second-order valence-electron chi connectivity index (χ2n) is 3.75. The van der Waals surface area contributed by atoms with Gasteiger partial charge in [-0.1, -0.05) is 29.3 Å². The Labute approximate surface area is 73.9 Å². The standard InChI is InChI=1S/C12H14/c1-8-4-5-9(2)11(6-8)12-7-10(12)3/h4-6H,7H2,1-3H3. The maximum Gasteiger partial charge on any atom is -0.00581 e. The van der Waals surface area contributed by atoms with Crippen LogP contribution in [0.1, 0.15) is 30.0 Å². The van der Waals surface area contributed by atoms with Crippen molar-refractivity contribution in [1.82, 2.24) is 0 Å². The Bertz CT molecular complexity index is 356. The highest BCUT2D eigenvalue weighted by Gasteiger charge is 2.19. The van der Waals surface area contributed by atoms with Gasteiger partial charge in [-0.2, -0.15) is 0 Å². The number of rotatable bonds is 1. The maximum atomic E-state index is 2.29. The largest absolute Gasteiger partial charge is 0.0648 e. The SMILES string of the molecule is CC1=C(c2cc(C)ccc2C)C1. The first-order valence-corrected chi connectivity index (χ1v) is 4.45. The summed E-state index contributed by atoms with van der Waals surface area (Å²) >= 11 is 0. The summed E-state index contributed by atoms with van der Waals surface area (Å²) in [6, 6.07) is 6.68. The van der Waals surface area contributed by atoms with Crippen molar-refractivity contribution >= 4 is 5.57 Å². The van der Waals surface area contributed by atoms with Gasteiger partial charge in [0, 0.05) is 0 Å². The van der Waals surface area contributed by atoms with E-state index in [-0.39, 0.29) is 0 Å². The Hall–Kier alpha value is -1.04. The summed E-state index contributed by atoms with van der Waals surface area (Å²) in [5.74, 6) is 0. The lowest BCUT2D eigenvalue weighted by Crippen LogP contribution is -1.82. The molecule has 0 fully saturated rings. The fraction of sp³-hybridized carbons (Fsp3) is 0.333. The molecule has 62 valence electrons. The summed E-state index contributed by atoms with van der Waals surface area (Å²) in [7, 11) is 0. The van der Waals surface area contributed by atoms with E-state index >= 15 is 0 Å². The maximum absolute atomic E-state index is 2.29. The van der Waals surface area contributed by atoms with E-state index in [1.165, 1.54) is 23.1 Å². The topological polar surface area (TPSA) is 0 Å². The van der Waals surface area contributed by atoms with E-state index in [0.29, 0.717) is 0 Å². The van der Waals surface area contributed by atoms with E-state index < -0.39 is 0 Å². The molecule has 0 aromatic heterocycles. The van der Waals surface area contributed by atoms with Crippen LogP contribution in [0.2, 0.25) is 0 Å². The van der Waals surface area contributed by atoms with Crippen LogP contribution in [0.5, 0.6) is 0 Å². The van der Waals surface area contributed by atoms with Gasteiger partial charge >= 0.3 is 0 Å². The Balaban J connectivity index is 2.50. The molecule has 0 bridgehead atoms. The first-order valence-electron chi connectivity index (χ1n) is 4.45. The van der Waals surface area contributed by atoms with Crippen molar-refractivity contribution in [2.75, 3.05) is 0 Å². The minimum Gasteiger partial charge on any atom is -0.0648 e. The summed E-state index contributed by atoms with van der Waals surface area (Å²) in [6.07, 6.45) is 1.23. The average molecular weight is 158 g/mol. The third kappa shape index (κ3) is 1.18. The van der Waals surface area contributed by atoms with E-state index in [9.17, 15) is 0 Å². The summed E-state index contributed by atoms with van der Waals surface area (Å²) in [4.78, 5) is 0. The van der Waals surface area contributed by atoms with Crippen molar-refractivity contribution in [2.45, 2.75) is 27.2 Å². The zero-order valence-corrected chi connectivity index (χ0v) is 7.94. The van der Waals surface area contributed by atoms with Crippen molar-refractivity contribution in [3.63, 3.8) is 0 Å². The van der Waals surface area contributed by atoms with Crippen LogP contribution in [0.25, 0.3) is 5.57 Å². The van der Waals surface area contributed by atoms with Crippen LogP contribution in [0.4, 0.5) is 0 Å². The molecule has 0 heteroatoms. The summed E-state index contributed by atoms with van der Waals surface area (Å²) in [5.41, 5.74) is 7.36. The summed E-state index contributed by atoms with van der Waals surface area (Å²) in [6.45, 7) is 6.56. The van der Waals surface area contributed by atoms with E-state index in [0.717, 1.165) is 0 Å². The highest BCUT2D eigenvalue weighted by atomic mass is 14.2. The predicted molar refractivity (Wildman–Crippen MR) is 53.1 cm³/mol. The van der Waals surface area contributed by atoms with Crippen LogP contribution in [-0.2, 0) is 0 Å². The highest BCUT2D eigenvalue weighted by Crippen LogP contribution is 2.40. The average Bonchev–Trinajstić information content (AvgIpc) is 2.73. The number of benzene rings is 1. The number of aryl methyl sites for hydroxylation is 2. The molecule has 1 aliphatic carbocycles. The van der Waals surface area contributed by atoms with Crippen LogP contribution in [0.15, 0.2) is 23.8 Å².